The number of aromatic nitrogens is 1. The fourth-order valence-corrected chi connectivity index (χ4v) is 6.21. The molecule has 3 aromatic carbocycles. The molecule has 2 aliphatic heterocycles. The van der Waals surface area contributed by atoms with Gasteiger partial charge in [0.2, 0.25) is 5.60 Å². The van der Waals surface area contributed by atoms with Gasteiger partial charge < -0.3 is 14.4 Å². The number of benzene rings is 3. The van der Waals surface area contributed by atoms with Gasteiger partial charge in [0.15, 0.2) is 0 Å². The number of para-hydroxylation sites is 1. The molecule has 41 heavy (non-hydrogen) atoms. The lowest BCUT2D eigenvalue weighted by molar-refractivity contribution is -0.384. The number of piperidine rings is 1. The van der Waals surface area contributed by atoms with Gasteiger partial charge in [0.05, 0.1) is 10.4 Å². The topological polar surface area (TPSA) is 80.8 Å². The molecular formula is C31H30F3N3O4. The van der Waals surface area contributed by atoms with E-state index < -0.39 is 28.8 Å². The van der Waals surface area contributed by atoms with Crippen LogP contribution >= 0.6 is 0 Å². The van der Waals surface area contributed by atoms with Crippen LogP contribution in [0.5, 0.6) is 5.75 Å². The van der Waals surface area contributed by atoms with Crippen molar-refractivity contribution in [1.82, 2.24) is 9.47 Å². The molecule has 0 amide bonds. The summed E-state index contributed by atoms with van der Waals surface area (Å²) in [6, 6.07) is 20.7. The first-order valence-corrected chi connectivity index (χ1v) is 13.7. The second-order valence-electron chi connectivity index (χ2n) is 11.1. The monoisotopic (exact) mass is 565 g/mol. The average molecular weight is 566 g/mol. The van der Waals surface area contributed by atoms with Crippen LogP contribution in [0.3, 0.4) is 0 Å². The highest BCUT2D eigenvalue weighted by Crippen LogP contribution is 2.45. The fraction of sp³-hybridized carbons (Fsp3) is 0.355. The van der Waals surface area contributed by atoms with E-state index in [9.17, 15) is 28.4 Å². The molecule has 7 nitrogen and oxygen atoms in total. The van der Waals surface area contributed by atoms with E-state index in [0.717, 1.165) is 29.7 Å². The molecule has 1 unspecified atom stereocenters. The van der Waals surface area contributed by atoms with E-state index >= 15 is 0 Å². The molecule has 214 valence electrons. The van der Waals surface area contributed by atoms with E-state index in [1.807, 2.05) is 54.6 Å². The zero-order valence-electron chi connectivity index (χ0n) is 22.3. The summed E-state index contributed by atoms with van der Waals surface area (Å²) in [6.45, 7) is 0.228. The number of β-amino-alcohol motifs (C(OH)–C–C–N with tert-alkyl or cyclic N) is 1. The molecule has 4 aromatic rings. The summed E-state index contributed by atoms with van der Waals surface area (Å²) in [5, 5.41) is 23.1. The normalized spacial score (nSPS) is 18.5. The lowest BCUT2D eigenvalue weighted by atomic mass is 9.82. The lowest BCUT2D eigenvalue weighted by Gasteiger charge is -2.46. The van der Waals surface area contributed by atoms with Crippen molar-refractivity contribution in [3.8, 4) is 5.75 Å². The average Bonchev–Trinajstić information content (AvgIpc) is 3.32. The maximum Gasteiger partial charge on any atom is 0.422 e. The van der Waals surface area contributed by atoms with E-state index in [1.54, 1.807) is 9.47 Å². The highest BCUT2D eigenvalue weighted by Gasteiger charge is 2.57. The first-order valence-electron chi connectivity index (χ1n) is 13.7. The van der Waals surface area contributed by atoms with Crippen molar-refractivity contribution in [2.45, 2.75) is 49.6 Å². The van der Waals surface area contributed by atoms with Crippen LogP contribution in [0.25, 0.3) is 10.9 Å². The zero-order valence-corrected chi connectivity index (χ0v) is 22.3. The van der Waals surface area contributed by atoms with Gasteiger partial charge in [-0.2, -0.15) is 13.2 Å². The Labute approximate surface area is 234 Å². The summed E-state index contributed by atoms with van der Waals surface area (Å²) in [5.41, 5.74) is -1.95. The largest absolute Gasteiger partial charge is 0.487 e. The van der Waals surface area contributed by atoms with Crippen LogP contribution in [0.2, 0.25) is 0 Å². The number of ether oxygens (including phenoxy) is 1. The molecule has 2 aliphatic rings. The molecule has 6 rings (SSSR count). The summed E-state index contributed by atoms with van der Waals surface area (Å²) in [5.74, 6) is 0.833. The Bertz CT molecular complexity index is 1580. The minimum Gasteiger partial charge on any atom is -0.487 e. The third-order valence-electron chi connectivity index (χ3n) is 8.56. The molecular weight excluding hydrogens is 535 g/mol. The Morgan fingerprint density at radius 3 is 2.39 bits per heavy atom. The van der Waals surface area contributed by atoms with Gasteiger partial charge in [0, 0.05) is 55.5 Å². The SMILES string of the molecule is O=[N+]([O-])c1ccc2c(C(O)(CN3CCC4(CCc5ccccc5O4)CC3)C(F)(F)F)cn(Cc3ccccc3)c2c1. The lowest BCUT2D eigenvalue weighted by Crippen LogP contribution is -2.56. The van der Waals surface area contributed by atoms with Gasteiger partial charge in [0.1, 0.15) is 11.4 Å². The number of non-ortho nitro benzene ring substituents is 1. The molecule has 0 saturated carbocycles. The predicted octanol–water partition coefficient (Wildman–Crippen LogP) is 6.21. The predicted molar refractivity (Wildman–Crippen MR) is 148 cm³/mol. The van der Waals surface area contributed by atoms with Crippen LogP contribution in [0.1, 0.15) is 36.0 Å². The highest BCUT2D eigenvalue weighted by molar-refractivity contribution is 5.87. The molecule has 3 heterocycles. The summed E-state index contributed by atoms with van der Waals surface area (Å²) in [4.78, 5) is 12.6. The van der Waals surface area contributed by atoms with E-state index in [0.29, 0.717) is 25.9 Å². The fourth-order valence-electron chi connectivity index (χ4n) is 6.21. The molecule has 1 N–H and O–H groups in total. The van der Waals surface area contributed by atoms with Crippen molar-refractivity contribution in [1.29, 1.82) is 0 Å². The van der Waals surface area contributed by atoms with E-state index in [2.05, 4.69) is 0 Å². The minimum atomic E-state index is -4.99. The standard InChI is InChI=1S/C31H30F3N3O4/c32-31(33,34)30(38,21-35-16-14-29(15-17-35)13-12-23-8-4-5-9-28(23)41-29)26-20-36(19-22-6-2-1-3-7-22)27-18-24(37(39)40)10-11-25(26)27/h1-11,18,20,38H,12-17,19,21H2. The Morgan fingerprint density at radius 1 is 0.976 bits per heavy atom. The third kappa shape index (κ3) is 5.06. The quantitative estimate of drug-likeness (QED) is 0.222. The van der Waals surface area contributed by atoms with Crippen molar-refractivity contribution in [2.75, 3.05) is 19.6 Å². The van der Waals surface area contributed by atoms with Crippen LogP contribution in [0, 0.1) is 10.1 Å². The van der Waals surface area contributed by atoms with Crippen molar-refractivity contribution in [3.63, 3.8) is 0 Å². The molecule has 1 aromatic heterocycles. The summed E-state index contributed by atoms with van der Waals surface area (Å²) >= 11 is 0. The molecule has 0 radical (unpaired) electrons. The molecule has 1 fully saturated rings. The number of likely N-dealkylation sites (tertiary alicyclic amines) is 1. The summed E-state index contributed by atoms with van der Waals surface area (Å²) in [7, 11) is 0. The van der Waals surface area contributed by atoms with Crippen LogP contribution in [0.15, 0.2) is 79.0 Å². The van der Waals surface area contributed by atoms with Gasteiger partial charge >= 0.3 is 6.18 Å². The number of nitro benzene ring substituents is 1. The van der Waals surface area contributed by atoms with Crippen molar-refractivity contribution < 1.29 is 27.9 Å². The van der Waals surface area contributed by atoms with Gasteiger partial charge in [-0.05, 0) is 48.9 Å². The molecule has 10 heteroatoms. The van der Waals surface area contributed by atoms with Crippen LogP contribution in [-0.2, 0) is 18.6 Å². The number of alkyl halides is 3. The maximum absolute atomic E-state index is 14.8. The van der Waals surface area contributed by atoms with Gasteiger partial charge in [-0.3, -0.25) is 15.0 Å². The molecule has 1 atom stereocenters. The number of hydrogen-bond donors (Lipinski definition) is 1. The molecule has 1 spiro atoms. The Hall–Kier alpha value is -3.89. The Kier molecular flexibility index (Phi) is 6.78. The number of nitro groups is 1. The molecule has 0 bridgehead atoms. The van der Waals surface area contributed by atoms with Crippen LogP contribution in [0.4, 0.5) is 18.9 Å². The third-order valence-corrected chi connectivity index (χ3v) is 8.56. The highest BCUT2D eigenvalue weighted by atomic mass is 19.4. The number of rotatable bonds is 6. The Balaban J connectivity index is 1.31. The first kappa shape index (κ1) is 27.3. The van der Waals surface area contributed by atoms with Gasteiger partial charge in [-0.15, -0.1) is 0 Å². The zero-order chi connectivity index (χ0) is 28.8. The second kappa shape index (κ2) is 10.2. The van der Waals surface area contributed by atoms with Crippen molar-refractivity contribution in [3.05, 3.63) is 106 Å². The number of aryl methyl sites for hydroxylation is 1. The second-order valence-corrected chi connectivity index (χ2v) is 11.1. The summed E-state index contributed by atoms with van der Waals surface area (Å²) < 4.78 is 52.3. The number of halogens is 3. The van der Waals surface area contributed by atoms with Gasteiger partial charge in [-0.1, -0.05) is 48.5 Å². The number of aliphatic hydroxyl groups is 1. The van der Waals surface area contributed by atoms with Crippen molar-refractivity contribution >= 4 is 16.6 Å². The first-order chi connectivity index (χ1) is 19.6. The molecule has 1 saturated heterocycles. The number of hydrogen-bond acceptors (Lipinski definition) is 5. The number of nitrogens with zero attached hydrogens (tertiary/aromatic N) is 3. The maximum atomic E-state index is 14.8. The Morgan fingerprint density at radius 2 is 1.68 bits per heavy atom. The number of fused-ring (bicyclic) bond motifs is 2. The van der Waals surface area contributed by atoms with Gasteiger partial charge in [0.25, 0.3) is 5.69 Å². The minimum absolute atomic E-state index is 0.132. The smallest absolute Gasteiger partial charge is 0.422 e. The van der Waals surface area contributed by atoms with Crippen molar-refractivity contribution in [2.24, 2.45) is 0 Å². The van der Waals surface area contributed by atoms with Crippen LogP contribution in [-0.4, -0.2) is 50.9 Å². The van der Waals surface area contributed by atoms with Crippen LogP contribution < -0.4 is 4.74 Å². The van der Waals surface area contributed by atoms with E-state index in [-0.39, 0.29) is 28.7 Å². The van der Waals surface area contributed by atoms with E-state index in [4.69, 9.17) is 4.74 Å². The summed E-state index contributed by atoms with van der Waals surface area (Å²) in [6.07, 6.45) is -0.936. The van der Waals surface area contributed by atoms with Gasteiger partial charge in [-0.25, -0.2) is 0 Å². The van der Waals surface area contributed by atoms with E-state index in [1.165, 1.54) is 24.4 Å². The molecule has 0 aliphatic carbocycles.